The van der Waals surface area contributed by atoms with E-state index in [4.69, 9.17) is 0 Å². The van der Waals surface area contributed by atoms with Crippen molar-refractivity contribution in [2.24, 2.45) is 16.9 Å². The first-order valence-corrected chi connectivity index (χ1v) is 8.08. The molecule has 1 aromatic rings. The van der Waals surface area contributed by atoms with Crippen LogP contribution in [0.25, 0.3) is 0 Å². The number of hydrogen-bond acceptors (Lipinski definition) is 3. The third-order valence-electron chi connectivity index (χ3n) is 4.22. The predicted molar refractivity (Wildman–Crippen MR) is 78.7 cm³/mol. The lowest BCUT2D eigenvalue weighted by Crippen LogP contribution is -2.21. The SMILES string of the molecule is CCCc1cc(C(=O)N/N=C2/C[C@@H]3CC[C@@H]2C3)cs1. The molecule has 0 unspecified atom stereocenters. The van der Waals surface area contributed by atoms with Crippen LogP contribution in [0.2, 0.25) is 0 Å². The number of thiophene rings is 1. The van der Waals surface area contributed by atoms with Gasteiger partial charge >= 0.3 is 0 Å². The fraction of sp³-hybridized carbons (Fsp3) is 0.600. The summed E-state index contributed by atoms with van der Waals surface area (Å²) in [5, 5.41) is 6.29. The number of amides is 1. The van der Waals surface area contributed by atoms with Crippen LogP contribution >= 0.6 is 11.3 Å². The summed E-state index contributed by atoms with van der Waals surface area (Å²) in [6.45, 7) is 2.15. The summed E-state index contributed by atoms with van der Waals surface area (Å²) in [7, 11) is 0. The summed E-state index contributed by atoms with van der Waals surface area (Å²) < 4.78 is 0. The maximum atomic E-state index is 12.0. The van der Waals surface area contributed by atoms with Gasteiger partial charge in [0.15, 0.2) is 0 Å². The largest absolute Gasteiger partial charge is 0.272 e. The van der Waals surface area contributed by atoms with Gasteiger partial charge in [0, 0.05) is 16.0 Å². The van der Waals surface area contributed by atoms with E-state index in [1.165, 1.54) is 29.9 Å². The minimum Gasteiger partial charge on any atom is -0.267 e. The highest BCUT2D eigenvalue weighted by molar-refractivity contribution is 7.10. The second-order valence-corrected chi connectivity index (χ2v) is 6.67. The van der Waals surface area contributed by atoms with Crippen LogP contribution in [0.5, 0.6) is 0 Å². The second kappa shape index (κ2) is 5.45. The number of nitrogens with one attached hydrogen (secondary N) is 1. The predicted octanol–water partition coefficient (Wildman–Crippen LogP) is 3.61. The van der Waals surface area contributed by atoms with Gasteiger partial charge < -0.3 is 0 Å². The topological polar surface area (TPSA) is 41.5 Å². The highest BCUT2D eigenvalue weighted by Crippen LogP contribution is 2.42. The monoisotopic (exact) mass is 276 g/mol. The van der Waals surface area contributed by atoms with Crippen molar-refractivity contribution in [3.63, 3.8) is 0 Å². The molecular weight excluding hydrogens is 256 g/mol. The van der Waals surface area contributed by atoms with E-state index in [1.54, 1.807) is 11.3 Å². The minimum atomic E-state index is -0.0612. The third kappa shape index (κ3) is 2.73. The zero-order valence-electron chi connectivity index (χ0n) is 11.3. The molecule has 2 bridgehead atoms. The van der Waals surface area contributed by atoms with E-state index in [0.717, 1.165) is 30.7 Å². The first-order chi connectivity index (χ1) is 9.26. The Kier molecular flexibility index (Phi) is 3.69. The van der Waals surface area contributed by atoms with Gasteiger partial charge in [-0.25, -0.2) is 5.43 Å². The number of carbonyl (C=O) groups excluding carboxylic acids is 1. The number of rotatable bonds is 4. The van der Waals surface area contributed by atoms with Crippen LogP contribution in [0.3, 0.4) is 0 Å². The quantitative estimate of drug-likeness (QED) is 0.839. The van der Waals surface area contributed by atoms with Gasteiger partial charge in [0.25, 0.3) is 5.91 Å². The fourth-order valence-corrected chi connectivity index (χ4v) is 4.20. The van der Waals surface area contributed by atoms with Crippen LogP contribution in [-0.4, -0.2) is 11.6 Å². The molecule has 2 aliphatic rings. The molecule has 3 rings (SSSR count). The fourth-order valence-electron chi connectivity index (χ4n) is 3.23. The average Bonchev–Trinajstić information content (AvgIpc) is 3.12. The normalized spacial score (nSPS) is 27.1. The maximum Gasteiger partial charge on any atom is 0.272 e. The number of carbonyl (C=O) groups is 1. The van der Waals surface area contributed by atoms with Crippen molar-refractivity contribution in [1.82, 2.24) is 5.43 Å². The van der Waals surface area contributed by atoms with Crippen molar-refractivity contribution in [3.8, 4) is 0 Å². The summed E-state index contributed by atoms with van der Waals surface area (Å²) in [5.74, 6) is 1.41. The van der Waals surface area contributed by atoms with Crippen molar-refractivity contribution >= 4 is 23.0 Å². The van der Waals surface area contributed by atoms with Crippen LogP contribution in [0, 0.1) is 11.8 Å². The van der Waals surface area contributed by atoms with Crippen LogP contribution in [0.4, 0.5) is 0 Å². The van der Waals surface area contributed by atoms with Crippen molar-refractivity contribution in [2.75, 3.05) is 0 Å². The van der Waals surface area contributed by atoms with E-state index in [-0.39, 0.29) is 5.91 Å². The Morgan fingerprint density at radius 1 is 1.53 bits per heavy atom. The number of hydrogen-bond donors (Lipinski definition) is 1. The average molecular weight is 276 g/mol. The van der Waals surface area contributed by atoms with E-state index < -0.39 is 0 Å². The van der Waals surface area contributed by atoms with Crippen LogP contribution in [0.15, 0.2) is 16.5 Å². The Bertz CT molecular complexity index is 506. The lowest BCUT2D eigenvalue weighted by atomic mass is 9.99. The first-order valence-electron chi connectivity index (χ1n) is 7.20. The molecule has 2 aliphatic carbocycles. The van der Waals surface area contributed by atoms with E-state index in [2.05, 4.69) is 17.5 Å². The summed E-state index contributed by atoms with van der Waals surface area (Å²) in [6.07, 6.45) is 7.16. The van der Waals surface area contributed by atoms with E-state index in [0.29, 0.717) is 5.92 Å². The molecule has 19 heavy (non-hydrogen) atoms. The number of aryl methyl sites for hydroxylation is 1. The molecule has 0 saturated heterocycles. The molecule has 2 atom stereocenters. The molecule has 0 aromatic carbocycles. The van der Waals surface area contributed by atoms with Crippen molar-refractivity contribution in [2.45, 2.75) is 45.4 Å². The van der Waals surface area contributed by atoms with E-state index >= 15 is 0 Å². The number of nitrogens with zero attached hydrogens (tertiary/aromatic N) is 1. The Morgan fingerprint density at radius 3 is 3.11 bits per heavy atom. The maximum absolute atomic E-state index is 12.0. The molecule has 3 nitrogen and oxygen atoms in total. The molecule has 2 fully saturated rings. The van der Waals surface area contributed by atoms with Crippen molar-refractivity contribution in [1.29, 1.82) is 0 Å². The van der Waals surface area contributed by atoms with Gasteiger partial charge in [-0.1, -0.05) is 13.3 Å². The molecule has 2 saturated carbocycles. The number of fused-ring (bicyclic) bond motifs is 2. The highest BCUT2D eigenvalue weighted by atomic mass is 32.1. The molecule has 102 valence electrons. The van der Waals surface area contributed by atoms with Crippen LogP contribution < -0.4 is 5.43 Å². The van der Waals surface area contributed by atoms with Gasteiger partial charge in [-0.2, -0.15) is 5.10 Å². The summed E-state index contributed by atoms with van der Waals surface area (Å²) >= 11 is 1.66. The van der Waals surface area contributed by atoms with Gasteiger partial charge in [0.1, 0.15) is 0 Å². The zero-order chi connectivity index (χ0) is 13.2. The van der Waals surface area contributed by atoms with E-state index in [9.17, 15) is 4.79 Å². The molecule has 0 spiro atoms. The van der Waals surface area contributed by atoms with Crippen molar-refractivity contribution in [3.05, 3.63) is 21.9 Å². The second-order valence-electron chi connectivity index (χ2n) is 5.68. The molecule has 1 aromatic heterocycles. The smallest absolute Gasteiger partial charge is 0.267 e. The van der Waals surface area contributed by atoms with Gasteiger partial charge in [0.05, 0.1) is 5.56 Å². The molecular formula is C15H20N2OS. The standard InChI is InChI=1S/C15H20N2OS/c1-2-3-13-8-12(9-19-13)15(18)17-16-14-7-10-4-5-11(14)6-10/h8-11H,2-7H2,1H3,(H,17,18)/b16-14-/t10-,11-/m1/s1. The Morgan fingerprint density at radius 2 is 2.42 bits per heavy atom. The first kappa shape index (κ1) is 12.9. The van der Waals surface area contributed by atoms with Gasteiger partial charge in [0.2, 0.25) is 0 Å². The summed E-state index contributed by atoms with van der Waals surface area (Å²) in [6, 6.07) is 1.99. The lowest BCUT2D eigenvalue weighted by Gasteiger charge is -2.11. The molecule has 1 amide bonds. The zero-order valence-corrected chi connectivity index (χ0v) is 12.1. The molecule has 1 N–H and O–H groups in total. The molecule has 0 aliphatic heterocycles. The summed E-state index contributed by atoms with van der Waals surface area (Å²) in [5.41, 5.74) is 4.70. The molecule has 4 heteroatoms. The Labute approximate surface area is 118 Å². The molecule has 0 radical (unpaired) electrons. The number of hydrazone groups is 1. The lowest BCUT2D eigenvalue weighted by molar-refractivity contribution is 0.0955. The minimum absolute atomic E-state index is 0.0612. The van der Waals surface area contributed by atoms with E-state index in [1.807, 2.05) is 11.4 Å². The van der Waals surface area contributed by atoms with Crippen molar-refractivity contribution < 1.29 is 4.79 Å². The Balaban J connectivity index is 1.60. The molecule has 1 heterocycles. The Hall–Kier alpha value is -1.16. The van der Waals surface area contributed by atoms with Crippen LogP contribution in [-0.2, 0) is 6.42 Å². The highest BCUT2D eigenvalue weighted by Gasteiger charge is 2.36. The van der Waals surface area contributed by atoms with Gasteiger partial charge in [-0.05, 0) is 50.0 Å². The van der Waals surface area contributed by atoms with Gasteiger partial charge in [-0.3, -0.25) is 4.79 Å². The van der Waals surface area contributed by atoms with Crippen LogP contribution in [0.1, 0.15) is 54.3 Å². The summed E-state index contributed by atoms with van der Waals surface area (Å²) in [4.78, 5) is 13.3. The third-order valence-corrected chi connectivity index (χ3v) is 5.22. The van der Waals surface area contributed by atoms with Gasteiger partial charge in [-0.15, -0.1) is 11.3 Å².